The summed E-state index contributed by atoms with van der Waals surface area (Å²) in [6.07, 6.45) is 8.08. The van der Waals surface area contributed by atoms with Crippen LogP contribution in [0.4, 0.5) is 5.69 Å². The molecule has 6 heteroatoms. The predicted molar refractivity (Wildman–Crippen MR) is 110 cm³/mol. The summed E-state index contributed by atoms with van der Waals surface area (Å²) in [7, 11) is -3.76. The fraction of sp³-hybridized carbons (Fsp3) is 0.409. The van der Waals surface area contributed by atoms with Crippen molar-refractivity contribution in [3.05, 3.63) is 59.7 Å². The first-order valence-corrected chi connectivity index (χ1v) is 11.5. The van der Waals surface area contributed by atoms with Gasteiger partial charge in [0.05, 0.1) is 16.1 Å². The minimum Gasteiger partial charge on any atom is -0.349 e. The monoisotopic (exact) mass is 398 g/mol. The van der Waals surface area contributed by atoms with Crippen molar-refractivity contribution < 1.29 is 13.2 Å². The summed E-state index contributed by atoms with van der Waals surface area (Å²) in [5.41, 5.74) is 1.86. The second kappa shape index (κ2) is 7.95. The maximum atomic E-state index is 12.9. The highest BCUT2D eigenvalue weighted by Crippen LogP contribution is 2.33. The third-order valence-corrected chi connectivity index (χ3v) is 6.98. The van der Waals surface area contributed by atoms with Crippen molar-refractivity contribution in [2.45, 2.75) is 61.8 Å². The zero-order valence-electron chi connectivity index (χ0n) is 15.9. The number of carbonyl (C=O) groups is 1. The molecule has 2 saturated carbocycles. The van der Waals surface area contributed by atoms with Crippen LogP contribution in [-0.2, 0) is 10.0 Å². The molecule has 4 rings (SSSR count). The molecule has 2 N–H and O–H groups in total. The van der Waals surface area contributed by atoms with Crippen molar-refractivity contribution in [3.63, 3.8) is 0 Å². The quantitative estimate of drug-likeness (QED) is 0.756. The van der Waals surface area contributed by atoms with Crippen molar-refractivity contribution >= 4 is 21.6 Å². The van der Waals surface area contributed by atoms with E-state index in [0.29, 0.717) is 17.2 Å². The second-order valence-corrected chi connectivity index (χ2v) is 9.49. The van der Waals surface area contributed by atoms with Gasteiger partial charge in [-0.15, -0.1) is 0 Å². The molecule has 0 spiro atoms. The van der Waals surface area contributed by atoms with E-state index in [1.165, 1.54) is 37.7 Å². The van der Waals surface area contributed by atoms with E-state index < -0.39 is 10.0 Å². The van der Waals surface area contributed by atoms with Crippen LogP contribution in [0.2, 0.25) is 0 Å². The molecule has 0 aromatic heterocycles. The molecular formula is C22H26N2O3S. The van der Waals surface area contributed by atoms with E-state index in [0.717, 1.165) is 12.8 Å². The molecule has 0 unspecified atom stereocenters. The van der Waals surface area contributed by atoms with E-state index in [-0.39, 0.29) is 16.8 Å². The van der Waals surface area contributed by atoms with Gasteiger partial charge in [0.25, 0.3) is 15.9 Å². The normalized spacial score (nSPS) is 17.9. The molecule has 2 aliphatic rings. The minimum atomic E-state index is -3.76. The number of hydrogen-bond acceptors (Lipinski definition) is 3. The first-order chi connectivity index (χ1) is 13.5. The smallest absolute Gasteiger partial charge is 0.261 e. The Bertz CT molecular complexity index is 944. The third-order valence-electron chi connectivity index (χ3n) is 5.60. The van der Waals surface area contributed by atoms with Gasteiger partial charge in [0.1, 0.15) is 0 Å². The van der Waals surface area contributed by atoms with E-state index in [9.17, 15) is 13.2 Å². The van der Waals surface area contributed by atoms with E-state index in [4.69, 9.17) is 0 Å². The molecule has 1 amide bonds. The molecule has 2 aromatic rings. The van der Waals surface area contributed by atoms with Gasteiger partial charge in [0.15, 0.2) is 0 Å². The highest BCUT2D eigenvalue weighted by Gasteiger charge is 2.26. The van der Waals surface area contributed by atoms with Gasteiger partial charge in [-0.25, -0.2) is 8.42 Å². The molecule has 0 radical (unpaired) electrons. The standard InChI is InChI=1S/C22H26N2O3S/c25-22(23-18-12-13-18)20-8-4-5-9-21(20)24-28(26,27)19-14-10-17(11-15-19)16-6-2-1-3-7-16/h4-5,8-11,14-16,18,24H,1-3,6-7,12-13H2,(H,23,25). The number of carbonyl (C=O) groups excluding carboxylic acids is 1. The van der Waals surface area contributed by atoms with Gasteiger partial charge >= 0.3 is 0 Å². The van der Waals surface area contributed by atoms with Crippen LogP contribution in [0.3, 0.4) is 0 Å². The fourth-order valence-corrected chi connectivity index (χ4v) is 4.90. The number of rotatable bonds is 6. The van der Waals surface area contributed by atoms with Crippen molar-refractivity contribution in [1.82, 2.24) is 5.32 Å². The number of anilines is 1. The number of para-hydroxylation sites is 1. The molecule has 5 nitrogen and oxygen atoms in total. The largest absolute Gasteiger partial charge is 0.349 e. The molecule has 0 bridgehead atoms. The first kappa shape index (κ1) is 19.0. The Morgan fingerprint density at radius 1 is 0.857 bits per heavy atom. The Morgan fingerprint density at radius 3 is 2.21 bits per heavy atom. The van der Waals surface area contributed by atoms with Crippen LogP contribution in [0.5, 0.6) is 0 Å². The Kier molecular flexibility index (Phi) is 5.40. The van der Waals surface area contributed by atoms with Crippen LogP contribution in [0.15, 0.2) is 53.4 Å². The van der Waals surface area contributed by atoms with Crippen LogP contribution >= 0.6 is 0 Å². The summed E-state index contributed by atoms with van der Waals surface area (Å²) in [5, 5.41) is 2.91. The molecule has 2 aliphatic carbocycles. The second-order valence-electron chi connectivity index (χ2n) is 7.80. The molecular weight excluding hydrogens is 372 g/mol. The van der Waals surface area contributed by atoms with Crippen molar-refractivity contribution in [2.75, 3.05) is 4.72 Å². The fourth-order valence-electron chi connectivity index (χ4n) is 3.82. The van der Waals surface area contributed by atoms with Crippen LogP contribution in [-0.4, -0.2) is 20.4 Å². The van der Waals surface area contributed by atoms with Crippen LogP contribution in [0.1, 0.15) is 66.8 Å². The molecule has 0 saturated heterocycles. The zero-order valence-corrected chi connectivity index (χ0v) is 16.7. The topological polar surface area (TPSA) is 75.3 Å². The number of benzene rings is 2. The molecule has 2 aromatic carbocycles. The van der Waals surface area contributed by atoms with E-state index in [2.05, 4.69) is 10.0 Å². The summed E-state index contributed by atoms with van der Waals surface area (Å²) in [6.45, 7) is 0. The van der Waals surface area contributed by atoms with Crippen LogP contribution in [0, 0.1) is 0 Å². The number of nitrogens with one attached hydrogen (secondary N) is 2. The summed E-state index contributed by atoms with van der Waals surface area (Å²) in [5.74, 6) is 0.291. The Morgan fingerprint density at radius 2 is 1.54 bits per heavy atom. The highest BCUT2D eigenvalue weighted by molar-refractivity contribution is 7.92. The van der Waals surface area contributed by atoms with E-state index in [1.54, 1.807) is 36.4 Å². The summed E-state index contributed by atoms with van der Waals surface area (Å²) >= 11 is 0. The highest BCUT2D eigenvalue weighted by atomic mass is 32.2. The number of sulfonamides is 1. The number of hydrogen-bond donors (Lipinski definition) is 2. The molecule has 2 fully saturated rings. The molecule has 0 aliphatic heterocycles. The van der Waals surface area contributed by atoms with Crippen molar-refractivity contribution in [3.8, 4) is 0 Å². The van der Waals surface area contributed by atoms with Gasteiger partial charge < -0.3 is 5.32 Å². The molecule has 28 heavy (non-hydrogen) atoms. The lowest BCUT2D eigenvalue weighted by Gasteiger charge is -2.22. The SMILES string of the molecule is O=C(NC1CC1)c1ccccc1NS(=O)(=O)c1ccc(C2CCCCC2)cc1. The van der Waals surface area contributed by atoms with Crippen molar-refractivity contribution in [1.29, 1.82) is 0 Å². The molecule has 0 heterocycles. The average Bonchev–Trinajstić information content (AvgIpc) is 3.53. The Hall–Kier alpha value is -2.34. The van der Waals surface area contributed by atoms with Crippen molar-refractivity contribution in [2.24, 2.45) is 0 Å². The van der Waals surface area contributed by atoms with Gasteiger partial charge in [-0.3, -0.25) is 9.52 Å². The summed E-state index contributed by atoms with van der Waals surface area (Å²) < 4.78 is 28.3. The summed E-state index contributed by atoms with van der Waals surface area (Å²) in [6, 6.07) is 14.1. The maximum Gasteiger partial charge on any atom is 0.261 e. The maximum absolute atomic E-state index is 12.9. The lowest BCUT2D eigenvalue weighted by Crippen LogP contribution is -2.27. The van der Waals surface area contributed by atoms with Crippen LogP contribution < -0.4 is 10.0 Å². The number of amides is 1. The average molecular weight is 399 g/mol. The van der Waals surface area contributed by atoms with Gasteiger partial charge in [-0.05, 0) is 61.4 Å². The Balaban J connectivity index is 1.52. The van der Waals surface area contributed by atoms with Gasteiger partial charge in [-0.1, -0.05) is 43.5 Å². The zero-order chi connectivity index (χ0) is 19.6. The molecule has 0 atom stereocenters. The minimum absolute atomic E-state index is 0.212. The van der Waals surface area contributed by atoms with Gasteiger partial charge in [0, 0.05) is 6.04 Å². The van der Waals surface area contributed by atoms with Crippen LogP contribution in [0.25, 0.3) is 0 Å². The van der Waals surface area contributed by atoms with Gasteiger partial charge in [0.2, 0.25) is 0 Å². The Labute approximate surface area is 166 Å². The molecule has 148 valence electrons. The summed E-state index contributed by atoms with van der Waals surface area (Å²) in [4.78, 5) is 12.6. The predicted octanol–water partition coefficient (Wildman–Crippen LogP) is 4.43. The lowest BCUT2D eigenvalue weighted by atomic mass is 9.84. The van der Waals surface area contributed by atoms with E-state index >= 15 is 0 Å². The first-order valence-electron chi connectivity index (χ1n) is 10.1. The third kappa shape index (κ3) is 4.38. The van der Waals surface area contributed by atoms with E-state index in [1.807, 2.05) is 12.1 Å². The van der Waals surface area contributed by atoms with Gasteiger partial charge in [-0.2, -0.15) is 0 Å². The lowest BCUT2D eigenvalue weighted by molar-refractivity contribution is 0.0952.